The lowest BCUT2D eigenvalue weighted by molar-refractivity contribution is -0.147. The lowest BCUT2D eigenvalue weighted by Crippen LogP contribution is -2.36. The van der Waals surface area contributed by atoms with Crippen LogP contribution in [0.3, 0.4) is 0 Å². The molecule has 2 rings (SSSR count). The van der Waals surface area contributed by atoms with E-state index >= 15 is 0 Å². The largest absolute Gasteiger partial charge is 0.481 e. The molecule has 1 saturated carbocycles. The van der Waals surface area contributed by atoms with Crippen LogP contribution in [0.2, 0.25) is 5.02 Å². The highest BCUT2D eigenvalue weighted by Crippen LogP contribution is 2.32. The Hall–Kier alpha value is -0.820. The molecule has 1 aromatic carbocycles. The fraction of sp³-hybridized carbons (Fsp3) is 0.429. The van der Waals surface area contributed by atoms with E-state index in [0.717, 1.165) is 16.4 Å². The molecule has 2 N–H and O–H groups in total. The zero-order chi connectivity index (χ0) is 14.7. The summed E-state index contributed by atoms with van der Waals surface area (Å²) in [5.41, 5.74) is 0.534. The maximum absolute atomic E-state index is 12.3. The van der Waals surface area contributed by atoms with E-state index in [1.165, 1.54) is 0 Å². The van der Waals surface area contributed by atoms with E-state index in [0.29, 0.717) is 23.6 Å². The molecule has 1 aliphatic rings. The summed E-state index contributed by atoms with van der Waals surface area (Å²) in [6.45, 7) is 0. The monoisotopic (exact) mass is 407 g/mol. The third-order valence-corrected chi connectivity index (χ3v) is 4.59. The number of carbonyl (C=O) groups excluding carboxylic acids is 1. The van der Waals surface area contributed by atoms with Crippen molar-refractivity contribution < 1.29 is 14.7 Å². The predicted octanol–water partition coefficient (Wildman–Crippen LogP) is 3.77. The molecule has 1 fully saturated rings. The van der Waals surface area contributed by atoms with Crippen molar-refractivity contribution in [3.05, 3.63) is 26.8 Å². The molecule has 20 heavy (non-hydrogen) atoms. The lowest BCUT2D eigenvalue weighted by Gasteiger charge is -2.27. The average molecular weight is 408 g/mol. The molecular weight excluding hydrogens is 393 g/mol. The third-order valence-electron chi connectivity index (χ3n) is 3.61. The Morgan fingerprint density at radius 3 is 2.50 bits per heavy atom. The van der Waals surface area contributed by atoms with Crippen LogP contribution in [-0.4, -0.2) is 17.0 Å². The highest BCUT2D eigenvalue weighted by molar-refractivity contribution is 14.1. The van der Waals surface area contributed by atoms with Gasteiger partial charge in [-0.05, 0) is 53.6 Å². The van der Waals surface area contributed by atoms with E-state index in [4.69, 9.17) is 11.6 Å². The Kier molecular flexibility index (Phi) is 5.26. The number of carbonyl (C=O) groups is 2. The molecule has 0 unspecified atom stereocenters. The average Bonchev–Trinajstić information content (AvgIpc) is 2.41. The standard InChI is InChI=1S/C14H15ClINO3/c15-11-7-8(16)5-6-12(11)17-13(18)9-3-1-2-4-10(9)14(19)20/h5-7,9-10H,1-4H2,(H,17,18)(H,19,20)/t9-,10+/m1/s1. The maximum atomic E-state index is 12.3. The van der Waals surface area contributed by atoms with Crippen LogP contribution >= 0.6 is 34.2 Å². The van der Waals surface area contributed by atoms with Crippen molar-refractivity contribution in [3.8, 4) is 0 Å². The molecule has 1 aliphatic carbocycles. The van der Waals surface area contributed by atoms with Crippen LogP contribution in [0.1, 0.15) is 25.7 Å². The highest BCUT2D eigenvalue weighted by atomic mass is 127. The van der Waals surface area contributed by atoms with Crippen molar-refractivity contribution in [2.24, 2.45) is 11.8 Å². The van der Waals surface area contributed by atoms with Crippen LogP contribution in [0.4, 0.5) is 5.69 Å². The van der Waals surface area contributed by atoms with Gasteiger partial charge in [0.2, 0.25) is 5.91 Å². The van der Waals surface area contributed by atoms with Crippen LogP contribution in [0, 0.1) is 15.4 Å². The summed E-state index contributed by atoms with van der Waals surface area (Å²) in [6, 6.07) is 5.34. The molecule has 0 aliphatic heterocycles. The Labute approximate surface area is 136 Å². The summed E-state index contributed by atoms with van der Waals surface area (Å²) in [6.07, 6.45) is 2.94. The van der Waals surface area contributed by atoms with Gasteiger partial charge in [0.25, 0.3) is 0 Å². The van der Waals surface area contributed by atoms with E-state index in [9.17, 15) is 14.7 Å². The van der Waals surface area contributed by atoms with Gasteiger partial charge in [0.15, 0.2) is 0 Å². The van der Waals surface area contributed by atoms with Crippen LogP contribution in [0.15, 0.2) is 18.2 Å². The van der Waals surface area contributed by atoms with Gasteiger partial charge in [-0.25, -0.2) is 0 Å². The molecule has 0 aromatic heterocycles. The number of halogens is 2. The first-order chi connectivity index (χ1) is 9.49. The van der Waals surface area contributed by atoms with E-state index in [2.05, 4.69) is 27.9 Å². The first-order valence-electron chi connectivity index (χ1n) is 6.48. The number of aliphatic carboxylic acids is 1. The summed E-state index contributed by atoms with van der Waals surface area (Å²) in [7, 11) is 0. The van der Waals surface area contributed by atoms with Crippen molar-refractivity contribution in [1.29, 1.82) is 0 Å². The number of carboxylic acid groups (broad SMARTS) is 1. The van der Waals surface area contributed by atoms with Gasteiger partial charge in [-0.15, -0.1) is 0 Å². The fourth-order valence-electron chi connectivity index (χ4n) is 2.56. The second-order valence-corrected chi connectivity index (χ2v) is 6.60. The van der Waals surface area contributed by atoms with Gasteiger partial charge in [0.05, 0.1) is 22.5 Å². The molecule has 4 nitrogen and oxygen atoms in total. The van der Waals surface area contributed by atoms with Gasteiger partial charge in [0, 0.05) is 3.57 Å². The number of rotatable bonds is 3. The topological polar surface area (TPSA) is 66.4 Å². The van der Waals surface area contributed by atoms with E-state index < -0.39 is 17.8 Å². The SMILES string of the molecule is O=C(O)[C@H]1CCCC[C@H]1C(=O)Nc1ccc(I)cc1Cl. The van der Waals surface area contributed by atoms with Gasteiger partial charge in [-0.3, -0.25) is 9.59 Å². The number of hydrogen-bond donors (Lipinski definition) is 2. The highest BCUT2D eigenvalue weighted by Gasteiger charge is 2.35. The fourth-order valence-corrected chi connectivity index (χ4v) is 3.46. The predicted molar refractivity (Wildman–Crippen MR) is 85.9 cm³/mol. The van der Waals surface area contributed by atoms with Crippen LogP contribution < -0.4 is 5.32 Å². The van der Waals surface area contributed by atoms with Crippen LogP contribution in [0.5, 0.6) is 0 Å². The van der Waals surface area contributed by atoms with Gasteiger partial charge in [-0.1, -0.05) is 24.4 Å². The lowest BCUT2D eigenvalue weighted by atomic mass is 9.78. The van der Waals surface area contributed by atoms with E-state index in [1.807, 2.05) is 6.07 Å². The number of anilines is 1. The van der Waals surface area contributed by atoms with E-state index in [-0.39, 0.29) is 5.91 Å². The van der Waals surface area contributed by atoms with Crippen molar-refractivity contribution in [1.82, 2.24) is 0 Å². The first kappa shape index (κ1) is 15.6. The number of hydrogen-bond acceptors (Lipinski definition) is 2. The summed E-state index contributed by atoms with van der Waals surface area (Å²) in [4.78, 5) is 23.5. The molecular formula is C14H15ClINO3. The van der Waals surface area contributed by atoms with Gasteiger partial charge >= 0.3 is 5.97 Å². The number of nitrogens with one attached hydrogen (secondary N) is 1. The zero-order valence-corrected chi connectivity index (χ0v) is 13.6. The summed E-state index contributed by atoms with van der Waals surface area (Å²) >= 11 is 8.21. The van der Waals surface area contributed by atoms with Crippen molar-refractivity contribution in [2.75, 3.05) is 5.32 Å². The maximum Gasteiger partial charge on any atom is 0.307 e. The molecule has 108 valence electrons. The van der Waals surface area contributed by atoms with Gasteiger partial charge < -0.3 is 10.4 Å². The van der Waals surface area contributed by atoms with Gasteiger partial charge in [-0.2, -0.15) is 0 Å². The number of amides is 1. The third kappa shape index (κ3) is 3.63. The van der Waals surface area contributed by atoms with E-state index in [1.54, 1.807) is 12.1 Å². The van der Waals surface area contributed by atoms with Crippen LogP contribution in [0.25, 0.3) is 0 Å². The quantitative estimate of drug-likeness (QED) is 0.750. The summed E-state index contributed by atoms with van der Waals surface area (Å²) in [5.74, 6) is -2.21. The first-order valence-corrected chi connectivity index (χ1v) is 7.93. The van der Waals surface area contributed by atoms with Crippen LogP contribution in [-0.2, 0) is 9.59 Å². The Bertz CT molecular complexity index is 535. The Morgan fingerprint density at radius 1 is 1.25 bits per heavy atom. The molecule has 1 aromatic rings. The molecule has 0 saturated heterocycles. The van der Waals surface area contributed by atoms with Gasteiger partial charge in [0.1, 0.15) is 0 Å². The zero-order valence-electron chi connectivity index (χ0n) is 10.7. The Balaban J connectivity index is 2.12. The molecule has 0 heterocycles. The molecule has 2 atom stereocenters. The minimum atomic E-state index is -0.890. The van der Waals surface area contributed by atoms with Crippen molar-refractivity contribution >= 4 is 51.8 Å². The molecule has 0 bridgehead atoms. The molecule has 6 heteroatoms. The van der Waals surface area contributed by atoms with Crippen molar-refractivity contribution in [2.45, 2.75) is 25.7 Å². The number of benzene rings is 1. The summed E-state index contributed by atoms with van der Waals surface area (Å²) in [5, 5.41) is 12.4. The summed E-state index contributed by atoms with van der Waals surface area (Å²) < 4.78 is 0.978. The second-order valence-electron chi connectivity index (χ2n) is 4.95. The molecule has 0 radical (unpaired) electrons. The Morgan fingerprint density at radius 2 is 1.90 bits per heavy atom. The minimum Gasteiger partial charge on any atom is -0.481 e. The minimum absolute atomic E-state index is 0.250. The normalized spacial score (nSPS) is 22.3. The molecule has 0 spiro atoms. The second kappa shape index (κ2) is 6.76. The smallest absolute Gasteiger partial charge is 0.307 e. The molecule has 1 amide bonds. The number of carboxylic acids is 1. The van der Waals surface area contributed by atoms with Crippen molar-refractivity contribution in [3.63, 3.8) is 0 Å².